The van der Waals surface area contributed by atoms with Crippen molar-refractivity contribution in [3.8, 4) is 11.5 Å². The molecule has 1 heterocycles. The molecule has 0 radical (unpaired) electrons. The van der Waals surface area contributed by atoms with Crippen molar-refractivity contribution in [2.45, 2.75) is 19.8 Å². The summed E-state index contributed by atoms with van der Waals surface area (Å²) in [7, 11) is 1.56. The van der Waals surface area contributed by atoms with E-state index in [0.717, 1.165) is 44.1 Å². The Kier molecular flexibility index (Phi) is 8.75. The molecule has 1 saturated heterocycles. The monoisotopic (exact) mass is 598 g/mol. The number of ether oxygens (including phenoxy) is 2. The summed E-state index contributed by atoms with van der Waals surface area (Å²) < 4.78 is 13.1. The Morgan fingerprint density at radius 1 is 1.25 bits per heavy atom. The van der Waals surface area contributed by atoms with Crippen molar-refractivity contribution < 1.29 is 19.1 Å². The average molecular weight is 600 g/mol. The Bertz CT molecular complexity index is 1070. The number of unbranched alkanes of at least 4 members (excludes halogenated alkanes) is 1. The highest BCUT2D eigenvalue weighted by Crippen LogP contribution is 2.39. The second-order valence-corrected chi connectivity index (χ2v) is 10.1. The topological polar surface area (TPSA) is 67.9 Å². The van der Waals surface area contributed by atoms with Crippen LogP contribution in [-0.2, 0) is 4.79 Å². The summed E-state index contributed by atoms with van der Waals surface area (Å²) in [5.74, 6) is 0.352. The first-order valence-electron chi connectivity index (χ1n) is 9.69. The van der Waals surface area contributed by atoms with Crippen molar-refractivity contribution in [2.75, 3.05) is 13.7 Å². The molecule has 3 rings (SSSR count). The Morgan fingerprint density at radius 2 is 1.97 bits per heavy atom. The molecule has 0 saturated carbocycles. The first kappa shape index (κ1) is 24.8. The molecule has 0 spiro atoms. The predicted molar refractivity (Wildman–Crippen MR) is 138 cm³/mol. The van der Waals surface area contributed by atoms with Crippen molar-refractivity contribution in [3.63, 3.8) is 0 Å². The SMILES string of the molecule is CCCCOc1c(Br)cc(/C=C2\SC(=S)N(NC(=O)c3ccc(Br)cc3)C2=O)cc1OC. The number of rotatable bonds is 8. The molecule has 1 aliphatic heterocycles. The lowest BCUT2D eigenvalue weighted by Gasteiger charge is -2.15. The number of halogens is 2. The van der Waals surface area contributed by atoms with E-state index in [4.69, 9.17) is 21.7 Å². The van der Waals surface area contributed by atoms with Crippen LogP contribution in [-0.4, -0.2) is 34.9 Å². The molecule has 0 atom stereocenters. The zero-order chi connectivity index (χ0) is 23.3. The van der Waals surface area contributed by atoms with Crippen LogP contribution in [0.5, 0.6) is 11.5 Å². The van der Waals surface area contributed by atoms with Gasteiger partial charge in [0.05, 0.1) is 23.1 Å². The van der Waals surface area contributed by atoms with Crippen LogP contribution in [0.3, 0.4) is 0 Å². The van der Waals surface area contributed by atoms with Crippen molar-refractivity contribution in [1.82, 2.24) is 10.4 Å². The van der Waals surface area contributed by atoms with Gasteiger partial charge in [0.15, 0.2) is 15.8 Å². The highest BCUT2D eigenvalue weighted by molar-refractivity contribution is 9.10. The van der Waals surface area contributed by atoms with Crippen LogP contribution >= 0.6 is 55.8 Å². The number of benzene rings is 2. The Hall–Kier alpha value is -1.88. The Morgan fingerprint density at radius 3 is 2.62 bits per heavy atom. The smallest absolute Gasteiger partial charge is 0.285 e. The highest BCUT2D eigenvalue weighted by Gasteiger charge is 2.34. The number of hydrogen-bond acceptors (Lipinski definition) is 6. The molecule has 1 aliphatic rings. The Labute approximate surface area is 212 Å². The molecule has 0 unspecified atom stereocenters. The fraction of sp³-hybridized carbons (Fsp3) is 0.227. The number of nitrogens with zero attached hydrogens (tertiary/aromatic N) is 1. The Balaban J connectivity index is 1.78. The average Bonchev–Trinajstić information content (AvgIpc) is 3.02. The third-order valence-corrected chi connectivity index (χ3v) is 6.83. The third-order valence-electron chi connectivity index (χ3n) is 4.41. The number of amides is 2. The minimum Gasteiger partial charge on any atom is -0.493 e. The molecule has 10 heteroatoms. The summed E-state index contributed by atoms with van der Waals surface area (Å²) in [6.07, 6.45) is 3.66. The zero-order valence-corrected chi connectivity index (χ0v) is 22.1. The summed E-state index contributed by atoms with van der Waals surface area (Å²) >= 11 is 13.3. The number of nitrogens with one attached hydrogen (secondary N) is 1. The van der Waals surface area contributed by atoms with Gasteiger partial charge in [-0.25, -0.2) is 0 Å². The van der Waals surface area contributed by atoms with Gasteiger partial charge in [-0.1, -0.05) is 41.0 Å². The lowest BCUT2D eigenvalue weighted by Crippen LogP contribution is -2.44. The largest absolute Gasteiger partial charge is 0.493 e. The number of thiocarbonyl (C=S) groups is 1. The molecule has 2 aromatic carbocycles. The van der Waals surface area contributed by atoms with Gasteiger partial charge in [0, 0.05) is 10.0 Å². The van der Waals surface area contributed by atoms with Crippen molar-refractivity contribution in [2.24, 2.45) is 0 Å². The summed E-state index contributed by atoms with van der Waals surface area (Å²) in [6, 6.07) is 10.4. The number of methoxy groups -OCH3 is 1. The maximum atomic E-state index is 12.9. The van der Waals surface area contributed by atoms with Crippen molar-refractivity contribution in [1.29, 1.82) is 0 Å². The van der Waals surface area contributed by atoms with E-state index < -0.39 is 11.8 Å². The fourth-order valence-electron chi connectivity index (χ4n) is 2.76. The van der Waals surface area contributed by atoms with Gasteiger partial charge >= 0.3 is 0 Å². The molecule has 32 heavy (non-hydrogen) atoms. The maximum absolute atomic E-state index is 12.9. The van der Waals surface area contributed by atoms with E-state index >= 15 is 0 Å². The van der Waals surface area contributed by atoms with E-state index in [1.54, 1.807) is 43.5 Å². The van der Waals surface area contributed by atoms with E-state index in [0.29, 0.717) is 28.6 Å². The molecule has 1 fully saturated rings. The van der Waals surface area contributed by atoms with Crippen LogP contribution in [0.25, 0.3) is 6.08 Å². The van der Waals surface area contributed by atoms with Gasteiger partial charge in [-0.05, 0) is 82.6 Å². The molecule has 0 aromatic heterocycles. The van der Waals surface area contributed by atoms with Crippen LogP contribution in [0.2, 0.25) is 0 Å². The number of carbonyl (C=O) groups is 2. The maximum Gasteiger partial charge on any atom is 0.285 e. The lowest BCUT2D eigenvalue weighted by atomic mass is 10.2. The van der Waals surface area contributed by atoms with Crippen LogP contribution in [0.4, 0.5) is 0 Å². The molecule has 0 bridgehead atoms. The van der Waals surface area contributed by atoms with Gasteiger partial charge in [0.25, 0.3) is 11.8 Å². The van der Waals surface area contributed by atoms with Crippen LogP contribution < -0.4 is 14.9 Å². The molecule has 1 N–H and O–H groups in total. The van der Waals surface area contributed by atoms with E-state index in [9.17, 15) is 9.59 Å². The minimum atomic E-state index is -0.423. The number of carbonyl (C=O) groups excluding carboxylic acids is 2. The summed E-state index contributed by atoms with van der Waals surface area (Å²) in [4.78, 5) is 25.8. The quantitative estimate of drug-likeness (QED) is 0.230. The normalized spacial score (nSPS) is 14.8. The molecular weight excluding hydrogens is 580 g/mol. The van der Waals surface area contributed by atoms with Crippen LogP contribution in [0, 0.1) is 0 Å². The molecule has 2 aromatic rings. The number of hydrazine groups is 1. The number of thioether (sulfide) groups is 1. The fourth-order valence-corrected chi connectivity index (χ4v) is 4.78. The molecular formula is C22H20Br2N2O4S2. The van der Waals surface area contributed by atoms with Gasteiger partial charge < -0.3 is 9.47 Å². The standard InChI is InChI=1S/C22H20Br2N2O4S2/c1-3-4-9-30-19-16(24)10-13(11-17(19)29-2)12-18-21(28)26(22(31)32-18)25-20(27)14-5-7-15(23)8-6-14/h5-8,10-12H,3-4,9H2,1-2H3,(H,25,27)/b18-12-. The summed E-state index contributed by atoms with van der Waals surface area (Å²) in [5.41, 5.74) is 3.72. The zero-order valence-electron chi connectivity index (χ0n) is 17.3. The molecule has 0 aliphatic carbocycles. The van der Waals surface area contributed by atoms with E-state index in [2.05, 4.69) is 44.2 Å². The van der Waals surface area contributed by atoms with E-state index in [-0.39, 0.29) is 4.32 Å². The van der Waals surface area contributed by atoms with E-state index in [1.807, 2.05) is 6.07 Å². The van der Waals surface area contributed by atoms with Gasteiger partial charge in [0.1, 0.15) is 0 Å². The summed E-state index contributed by atoms with van der Waals surface area (Å²) in [5, 5.41) is 1.09. The van der Waals surface area contributed by atoms with E-state index in [1.165, 1.54) is 0 Å². The van der Waals surface area contributed by atoms with Crippen LogP contribution in [0.15, 0.2) is 50.2 Å². The molecule has 2 amide bonds. The second kappa shape index (κ2) is 11.3. The molecule has 6 nitrogen and oxygen atoms in total. The van der Waals surface area contributed by atoms with Gasteiger partial charge in [-0.15, -0.1) is 0 Å². The minimum absolute atomic E-state index is 0.247. The first-order valence-corrected chi connectivity index (χ1v) is 12.5. The lowest BCUT2D eigenvalue weighted by molar-refractivity contribution is -0.123. The second-order valence-electron chi connectivity index (χ2n) is 6.70. The number of hydrogen-bond donors (Lipinski definition) is 1. The van der Waals surface area contributed by atoms with Gasteiger partial charge in [-0.3, -0.25) is 15.0 Å². The first-order chi connectivity index (χ1) is 15.3. The van der Waals surface area contributed by atoms with Crippen LogP contribution in [0.1, 0.15) is 35.7 Å². The van der Waals surface area contributed by atoms with Crippen molar-refractivity contribution >= 4 is 78.1 Å². The molecule has 168 valence electrons. The van der Waals surface area contributed by atoms with Gasteiger partial charge in [0.2, 0.25) is 0 Å². The highest BCUT2D eigenvalue weighted by atomic mass is 79.9. The predicted octanol–water partition coefficient (Wildman–Crippen LogP) is 5.95. The summed E-state index contributed by atoms with van der Waals surface area (Å²) in [6.45, 7) is 2.68. The van der Waals surface area contributed by atoms with Gasteiger partial charge in [-0.2, -0.15) is 5.01 Å². The third kappa shape index (κ3) is 5.92. The van der Waals surface area contributed by atoms with Crippen molar-refractivity contribution in [3.05, 3.63) is 61.4 Å².